The fraction of sp³-hybridized carbons (Fsp3) is 1.00. The van der Waals surface area contributed by atoms with Gasteiger partial charge >= 0.3 is 0 Å². The highest BCUT2D eigenvalue weighted by molar-refractivity contribution is 4.62. The van der Waals surface area contributed by atoms with E-state index in [9.17, 15) is 10.2 Å². The molecule has 0 fully saturated rings. The molecule has 2 N–H and O–H groups in total. The molecule has 0 radical (unpaired) electrons. The van der Waals surface area contributed by atoms with Gasteiger partial charge in [-0.2, -0.15) is 0 Å². The van der Waals surface area contributed by atoms with Crippen LogP contribution in [0.5, 0.6) is 0 Å². The van der Waals surface area contributed by atoms with Crippen LogP contribution in [0.15, 0.2) is 0 Å². The van der Waals surface area contributed by atoms with Crippen molar-refractivity contribution >= 4 is 0 Å². The molecule has 0 aliphatic carbocycles. The Bertz CT molecular complexity index is 158. The van der Waals surface area contributed by atoms with Crippen molar-refractivity contribution < 1.29 is 24.4 Å². The zero-order chi connectivity index (χ0) is 13.3. The summed E-state index contributed by atoms with van der Waals surface area (Å²) in [4.78, 5) is 0. The summed E-state index contributed by atoms with van der Waals surface area (Å²) >= 11 is 0. The second-order valence-electron chi connectivity index (χ2n) is 4.41. The lowest BCUT2D eigenvalue weighted by Gasteiger charge is -2.18. The molecule has 5 heteroatoms. The molecular weight excluding hydrogens is 224 g/mol. The molecule has 17 heavy (non-hydrogen) atoms. The van der Waals surface area contributed by atoms with Crippen molar-refractivity contribution in [2.24, 2.45) is 0 Å². The Morgan fingerprint density at radius 1 is 0.824 bits per heavy atom. The molecular formula is C12H26O5. The highest BCUT2D eigenvalue weighted by atomic mass is 16.5. The van der Waals surface area contributed by atoms with Crippen molar-refractivity contribution in [1.29, 1.82) is 0 Å². The van der Waals surface area contributed by atoms with Gasteiger partial charge in [0.05, 0.1) is 37.6 Å². The number of rotatable bonds is 10. The molecule has 0 aromatic rings. The van der Waals surface area contributed by atoms with Gasteiger partial charge in [-0.15, -0.1) is 0 Å². The first-order valence-corrected chi connectivity index (χ1v) is 5.99. The maximum Gasteiger partial charge on any atom is 0.0798 e. The van der Waals surface area contributed by atoms with Gasteiger partial charge in [0.15, 0.2) is 0 Å². The molecule has 5 nitrogen and oxygen atoms in total. The van der Waals surface area contributed by atoms with Gasteiger partial charge in [-0.1, -0.05) is 0 Å². The summed E-state index contributed by atoms with van der Waals surface area (Å²) in [5, 5.41) is 19.2. The lowest BCUT2D eigenvalue weighted by molar-refractivity contribution is -0.0376. The van der Waals surface area contributed by atoms with Crippen LogP contribution >= 0.6 is 0 Å². The van der Waals surface area contributed by atoms with E-state index >= 15 is 0 Å². The van der Waals surface area contributed by atoms with Crippen molar-refractivity contribution in [2.75, 3.05) is 27.4 Å². The average Bonchev–Trinajstić information content (AvgIpc) is 2.28. The molecule has 0 heterocycles. The number of ether oxygens (including phenoxy) is 3. The molecule has 0 aliphatic rings. The Labute approximate surface area is 104 Å². The van der Waals surface area contributed by atoms with Crippen LogP contribution in [0, 0.1) is 0 Å². The van der Waals surface area contributed by atoms with E-state index in [1.54, 1.807) is 14.2 Å². The summed E-state index contributed by atoms with van der Waals surface area (Å²) in [7, 11) is 3.21. The van der Waals surface area contributed by atoms with Crippen molar-refractivity contribution in [3.05, 3.63) is 0 Å². The third kappa shape index (κ3) is 9.50. The molecule has 0 aromatic heterocycles. The lowest BCUT2D eigenvalue weighted by atomic mass is 10.2. The minimum atomic E-state index is -0.558. The van der Waals surface area contributed by atoms with Crippen LogP contribution in [0.2, 0.25) is 0 Å². The van der Waals surface area contributed by atoms with Gasteiger partial charge in [-0.05, 0) is 13.8 Å². The van der Waals surface area contributed by atoms with Crippen LogP contribution in [0.3, 0.4) is 0 Å². The largest absolute Gasteiger partial charge is 0.391 e. The highest BCUT2D eigenvalue weighted by Gasteiger charge is 2.13. The predicted octanol–water partition coefficient (Wildman–Crippen LogP) is 0.575. The summed E-state index contributed by atoms with van der Waals surface area (Å²) in [6.45, 7) is 4.20. The van der Waals surface area contributed by atoms with Crippen LogP contribution < -0.4 is 0 Å². The second-order valence-corrected chi connectivity index (χ2v) is 4.41. The number of hydrogen-bond donors (Lipinski definition) is 2. The van der Waals surface area contributed by atoms with Crippen LogP contribution in [-0.2, 0) is 14.2 Å². The van der Waals surface area contributed by atoms with Gasteiger partial charge in [0.2, 0.25) is 0 Å². The first kappa shape index (κ1) is 16.8. The van der Waals surface area contributed by atoms with Crippen molar-refractivity contribution in [3.63, 3.8) is 0 Å². The van der Waals surface area contributed by atoms with E-state index in [2.05, 4.69) is 0 Å². The first-order chi connectivity index (χ1) is 7.99. The smallest absolute Gasteiger partial charge is 0.0798 e. The fourth-order valence-electron chi connectivity index (χ4n) is 1.43. The molecule has 104 valence electrons. The number of methoxy groups -OCH3 is 2. The Kier molecular flexibility index (Phi) is 9.68. The third-order valence-corrected chi connectivity index (χ3v) is 2.63. The maximum absolute atomic E-state index is 9.58. The van der Waals surface area contributed by atoms with E-state index in [-0.39, 0.29) is 25.4 Å². The third-order valence-electron chi connectivity index (χ3n) is 2.63. The van der Waals surface area contributed by atoms with E-state index in [0.717, 1.165) is 0 Å². The van der Waals surface area contributed by atoms with Gasteiger partial charge in [0.1, 0.15) is 0 Å². The minimum absolute atomic E-state index is 0.00652. The molecule has 0 saturated carbocycles. The van der Waals surface area contributed by atoms with E-state index in [1.165, 1.54) is 0 Å². The summed E-state index contributed by atoms with van der Waals surface area (Å²) in [5.41, 5.74) is 0. The quantitative estimate of drug-likeness (QED) is 0.593. The average molecular weight is 250 g/mol. The summed E-state index contributed by atoms with van der Waals surface area (Å²) in [5.74, 6) is 0. The van der Waals surface area contributed by atoms with E-state index in [4.69, 9.17) is 14.2 Å². The number of aliphatic hydroxyl groups is 2. The lowest BCUT2D eigenvalue weighted by Crippen LogP contribution is -2.26. The Hall–Kier alpha value is -0.200. The van der Waals surface area contributed by atoms with E-state index in [0.29, 0.717) is 12.8 Å². The topological polar surface area (TPSA) is 68.2 Å². The second kappa shape index (κ2) is 9.79. The van der Waals surface area contributed by atoms with Crippen molar-refractivity contribution in [1.82, 2.24) is 0 Å². The molecule has 0 aliphatic heterocycles. The SMILES string of the molecule is COC(C)CC(O)COCC(O)CC(C)OC. The summed E-state index contributed by atoms with van der Waals surface area (Å²) in [6.07, 6.45) is -0.0460. The molecule has 4 atom stereocenters. The molecule has 0 spiro atoms. The van der Waals surface area contributed by atoms with Gasteiger partial charge in [-0.25, -0.2) is 0 Å². The fourth-order valence-corrected chi connectivity index (χ4v) is 1.43. The van der Waals surface area contributed by atoms with Gasteiger partial charge < -0.3 is 24.4 Å². The first-order valence-electron chi connectivity index (χ1n) is 5.99. The monoisotopic (exact) mass is 250 g/mol. The van der Waals surface area contributed by atoms with Crippen LogP contribution in [0.4, 0.5) is 0 Å². The van der Waals surface area contributed by atoms with Crippen LogP contribution in [-0.4, -0.2) is 62.1 Å². The molecule has 4 unspecified atom stereocenters. The zero-order valence-electron chi connectivity index (χ0n) is 11.3. The van der Waals surface area contributed by atoms with E-state index < -0.39 is 12.2 Å². The van der Waals surface area contributed by atoms with Crippen LogP contribution in [0.1, 0.15) is 26.7 Å². The van der Waals surface area contributed by atoms with Crippen molar-refractivity contribution in [3.8, 4) is 0 Å². The normalized spacial score (nSPS) is 18.7. The standard InChI is InChI=1S/C12H26O5/c1-9(15-3)5-11(13)7-17-8-12(14)6-10(2)16-4/h9-14H,5-8H2,1-4H3. The summed E-state index contributed by atoms with van der Waals surface area (Å²) in [6, 6.07) is 0. The van der Waals surface area contributed by atoms with Gasteiger partial charge in [-0.3, -0.25) is 0 Å². The Morgan fingerprint density at radius 2 is 1.18 bits per heavy atom. The minimum Gasteiger partial charge on any atom is -0.391 e. The maximum atomic E-state index is 9.58. The van der Waals surface area contributed by atoms with Crippen LogP contribution in [0.25, 0.3) is 0 Å². The van der Waals surface area contributed by atoms with Crippen molar-refractivity contribution in [2.45, 2.75) is 51.1 Å². The zero-order valence-corrected chi connectivity index (χ0v) is 11.3. The Balaban J connectivity index is 3.55. The molecule has 0 amide bonds. The molecule has 0 bridgehead atoms. The van der Waals surface area contributed by atoms with Gasteiger partial charge in [0.25, 0.3) is 0 Å². The molecule has 0 rings (SSSR count). The Morgan fingerprint density at radius 3 is 1.47 bits per heavy atom. The van der Waals surface area contributed by atoms with E-state index in [1.807, 2.05) is 13.8 Å². The number of hydrogen-bond acceptors (Lipinski definition) is 5. The number of aliphatic hydroxyl groups excluding tert-OH is 2. The summed E-state index contributed by atoms with van der Waals surface area (Å²) < 4.78 is 15.3. The van der Waals surface area contributed by atoms with Gasteiger partial charge in [0, 0.05) is 27.1 Å². The highest BCUT2D eigenvalue weighted by Crippen LogP contribution is 2.04. The molecule has 0 saturated heterocycles. The molecule has 0 aromatic carbocycles. The predicted molar refractivity (Wildman–Crippen MR) is 65.0 cm³/mol.